The van der Waals surface area contributed by atoms with Crippen LogP contribution in [0.1, 0.15) is 67.4 Å². The summed E-state index contributed by atoms with van der Waals surface area (Å²) in [5.74, 6) is 1.58. The highest BCUT2D eigenvalue weighted by atomic mass is 32.2. The van der Waals surface area contributed by atoms with Crippen molar-refractivity contribution in [1.29, 1.82) is 0 Å². The normalized spacial score (nSPS) is 14.6. The van der Waals surface area contributed by atoms with E-state index in [2.05, 4.69) is 23.8 Å². The first kappa shape index (κ1) is 22.0. The highest BCUT2D eigenvalue weighted by Gasteiger charge is 2.21. The van der Waals surface area contributed by atoms with Gasteiger partial charge in [0.05, 0.1) is 27.9 Å². The van der Waals surface area contributed by atoms with Gasteiger partial charge in [-0.05, 0) is 85.9 Å². The molecule has 5 heteroatoms. The molecule has 2 atom stereocenters. The molecule has 1 rings (SSSR count). The Morgan fingerprint density at radius 1 is 1.00 bits per heavy atom. The molecule has 25 heavy (non-hydrogen) atoms. The smallest absolute Gasteiger partial charge is 0.161 e. The molecule has 0 amide bonds. The monoisotopic (exact) mass is 369 g/mol. The minimum absolute atomic E-state index is 0.0968. The van der Waals surface area contributed by atoms with Gasteiger partial charge in [-0.25, -0.2) is 8.93 Å². The number of ether oxygens (including phenoxy) is 2. The predicted octanol–water partition coefficient (Wildman–Crippen LogP) is 4.63. The molecule has 0 radical (unpaired) electrons. The van der Waals surface area contributed by atoms with Crippen molar-refractivity contribution in [2.75, 3.05) is 0 Å². The van der Waals surface area contributed by atoms with Crippen LogP contribution in [0.5, 0.6) is 11.5 Å². The Labute approximate surface area is 156 Å². The average molecular weight is 370 g/mol. The van der Waals surface area contributed by atoms with Crippen molar-refractivity contribution in [1.82, 2.24) is 4.72 Å². The number of rotatable bonds is 9. The van der Waals surface area contributed by atoms with Crippen molar-refractivity contribution >= 4 is 11.0 Å². The fraction of sp³-hybridized carbons (Fsp3) is 0.700. The zero-order valence-corrected chi connectivity index (χ0v) is 17.8. The van der Waals surface area contributed by atoms with Crippen LogP contribution in [0, 0.1) is 0 Å². The average Bonchev–Trinajstić information content (AvgIpc) is 2.45. The molecule has 144 valence electrons. The molecule has 0 aromatic heterocycles. The van der Waals surface area contributed by atoms with Crippen LogP contribution < -0.4 is 14.2 Å². The van der Waals surface area contributed by atoms with Crippen molar-refractivity contribution in [2.45, 2.75) is 91.2 Å². The molecule has 0 heterocycles. The van der Waals surface area contributed by atoms with E-state index in [4.69, 9.17) is 9.47 Å². The number of nitrogens with one attached hydrogen (secondary N) is 1. The second-order valence-corrected chi connectivity index (χ2v) is 10.1. The van der Waals surface area contributed by atoms with Gasteiger partial charge in [0, 0.05) is 6.04 Å². The summed E-state index contributed by atoms with van der Waals surface area (Å²) in [5, 5.41) is 0. The number of hydrogen-bond acceptors (Lipinski definition) is 3. The van der Waals surface area contributed by atoms with Gasteiger partial charge in [0.15, 0.2) is 11.5 Å². The van der Waals surface area contributed by atoms with E-state index in [0.29, 0.717) is 0 Å². The highest BCUT2D eigenvalue weighted by Crippen LogP contribution is 2.30. The number of aryl methyl sites for hydroxylation is 1. The van der Waals surface area contributed by atoms with Gasteiger partial charge in [0.2, 0.25) is 0 Å². The van der Waals surface area contributed by atoms with Crippen LogP contribution in [0.15, 0.2) is 18.2 Å². The second-order valence-electron chi connectivity index (χ2n) is 8.05. The SMILES string of the molecule is CC(CCc1ccc(OC(C)C)c(OC(C)C)c1)NS(=O)C(C)(C)C. The molecule has 0 fully saturated rings. The molecular weight excluding hydrogens is 334 g/mol. The Bertz CT molecular complexity index is 565. The third-order valence-corrected chi connectivity index (χ3v) is 5.19. The summed E-state index contributed by atoms with van der Waals surface area (Å²) >= 11 is 0. The lowest BCUT2D eigenvalue weighted by molar-refractivity contribution is 0.198. The third-order valence-electron chi connectivity index (χ3n) is 3.46. The van der Waals surface area contributed by atoms with Crippen LogP contribution in [0.2, 0.25) is 0 Å². The van der Waals surface area contributed by atoms with Crippen LogP contribution in [0.3, 0.4) is 0 Å². The fourth-order valence-corrected chi connectivity index (χ4v) is 3.04. The van der Waals surface area contributed by atoms with Gasteiger partial charge in [0.25, 0.3) is 0 Å². The van der Waals surface area contributed by atoms with Crippen LogP contribution in [0.25, 0.3) is 0 Å². The van der Waals surface area contributed by atoms with Crippen molar-refractivity contribution in [3.63, 3.8) is 0 Å². The summed E-state index contributed by atoms with van der Waals surface area (Å²) in [6.07, 6.45) is 2.01. The molecule has 1 aromatic carbocycles. The second kappa shape index (κ2) is 9.58. The molecule has 4 nitrogen and oxygen atoms in total. The van der Waals surface area contributed by atoms with E-state index < -0.39 is 11.0 Å². The minimum atomic E-state index is -1.04. The molecular formula is C20H35NO3S. The molecule has 0 saturated carbocycles. The van der Waals surface area contributed by atoms with E-state index in [1.54, 1.807) is 0 Å². The molecule has 1 N–H and O–H groups in total. The summed E-state index contributed by atoms with van der Waals surface area (Å²) in [7, 11) is -1.04. The first-order valence-corrected chi connectivity index (χ1v) is 10.3. The van der Waals surface area contributed by atoms with Crippen LogP contribution >= 0.6 is 0 Å². The first-order chi connectivity index (χ1) is 11.5. The summed E-state index contributed by atoms with van der Waals surface area (Å²) in [5.41, 5.74) is 1.20. The molecule has 0 saturated heterocycles. The molecule has 2 unspecified atom stereocenters. The molecule has 0 aliphatic carbocycles. The van der Waals surface area contributed by atoms with E-state index in [9.17, 15) is 4.21 Å². The van der Waals surface area contributed by atoms with E-state index in [-0.39, 0.29) is 23.0 Å². The van der Waals surface area contributed by atoms with Crippen LogP contribution in [0.4, 0.5) is 0 Å². The molecule has 0 bridgehead atoms. The van der Waals surface area contributed by atoms with E-state index in [1.807, 2.05) is 54.5 Å². The Morgan fingerprint density at radius 2 is 1.56 bits per heavy atom. The van der Waals surface area contributed by atoms with Gasteiger partial charge in [-0.15, -0.1) is 0 Å². The Kier molecular flexibility index (Phi) is 8.42. The summed E-state index contributed by atoms with van der Waals surface area (Å²) in [6.45, 7) is 16.1. The lowest BCUT2D eigenvalue weighted by Gasteiger charge is -2.22. The number of benzene rings is 1. The van der Waals surface area contributed by atoms with E-state index >= 15 is 0 Å². The topological polar surface area (TPSA) is 47.6 Å². The molecule has 0 spiro atoms. The van der Waals surface area contributed by atoms with Gasteiger partial charge in [-0.3, -0.25) is 0 Å². The van der Waals surface area contributed by atoms with Crippen LogP contribution in [-0.4, -0.2) is 27.2 Å². The van der Waals surface area contributed by atoms with Crippen molar-refractivity contribution in [3.05, 3.63) is 23.8 Å². The lowest BCUT2D eigenvalue weighted by Crippen LogP contribution is -2.38. The summed E-state index contributed by atoms with van der Waals surface area (Å²) in [4.78, 5) is 0. The number of hydrogen-bond donors (Lipinski definition) is 1. The lowest BCUT2D eigenvalue weighted by atomic mass is 10.1. The Hall–Kier alpha value is -1.07. The maximum absolute atomic E-state index is 12.2. The van der Waals surface area contributed by atoms with Gasteiger partial charge >= 0.3 is 0 Å². The zero-order valence-electron chi connectivity index (χ0n) is 17.0. The van der Waals surface area contributed by atoms with Gasteiger partial charge in [0.1, 0.15) is 0 Å². The van der Waals surface area contributed by atoms with Crippen LogP contribution in [-0.2, 0) is 17.4 Å². The van der Waals surface area contributed by atoms with Crippen molar-refractivity contribution in [3.8, 4) is 11.5 Å². The molecule has 0 aliphatic rings. The predicted molar refractivity (Wildman–Crippen MR) is 107 cm³/mol. The van der Waals surface area contributed by atoms with Gasteiger partial charge in [-0.2, -0.15) is 0 Å². The Morgan fingerprint density at radius 3 is 2.08 bits per heavy atom. The quantitative estimate of drug-likeness (QED) is 0.690. The maximum atomic E-state index is 12.2. The first-order valence-electron chi connectivity index (χ1n) is 9.13. The van der Waals surface area contributed by atoms with E-state index in [1.165, 1.54) is 5.56 Å². The fourth-order valence-electron chi connectivity index (χ4n) is 2.21. The van der Waals surface area contributed by atoms with Gasteiger partial charge in [-0.1, -0.05) is 6.07 Å². The Balaban J connectivity index is 2.73. The standard InChI is InChI=1S/C20H35NO3S/c1-14(2)23-18-12-11-17(13-19(18)24-15(3)4)10-9-16(5)21-25(22)20(6,7)8/h11-16,21H,9-10H2,1-8H3. The maximum Gasteiger partial charge on any atom is 0.161 e. The van der Waals surface area contributed by atoms with Crippen molar-refractivity contribution in [2.24, 2.45) is 0 Å². The highest BCUT2D eigenvalue weighted by molar-refractivity contribution is 7.84. The largest absolute Gasteiger partial charge is 0.487 e. The van der Waals surface area contributed by atoms with E-state index in [0.717, 1.165) is 24.3 Å². The zero-order chi connectivity index (χ0) is 19.2. The summed E-state index contributed by atoms with van der Waals surface area (Å²) in [6, 6.07) is 6.31. The molecule has 1 aromatic rings. The summed E-state index contributed by atoms with van der Waals surface area (Å²) < 4.78 is 26.9. The van der Waals surface area contributed by atoms with Crippen molar-refractivity contribution < 1.29 is 13.7 Å². The minimum Gasteiger partial charge on any atom is -0.487 e. The van der Waals surface area contributed by atoms with Gasteiger partial charge < -0.3 is 9.47 Å². The third kappa shape index (κ3) is 8.23. The molecule has 0 aliphatic heterocycles.